The Morgan fingerprint density at radius 3 is 1.71 bits per heavy atom. The normalized spacial score (nSPS) is 27.1. The van der Waals surface area contributed by atoms with E-state index in [9.17, 15) is 18.9 Å². The number of rotatable bonds is 8. The maximum absolute atomic E-state index is 13.7. The van der Waals surface area contributed by atoms with Gasteiger partial charge in [-0.25, -0.2) is 14.4 Å². The van der Waals surface area contributed by atoms with Gasteiger partial charge in [0.25, 0.3) is 0 Å². The third-order valence-electron chi connectivity index (χ3n) is 8.01. The van der Waals surface area contributed by atoms with E-state index in [-0.39, 0.29) is 17.0 Å². The molecular formula is C37H41NO8S2. The highest BCUT2D eigenvalue weighted by Gasteiger charge is 2.56. The molecule has 6 unspecified atom stereocenters. The van der Waals surface area contributed by atoms with Crippen molar-refractivity contribution < 1.29 is 37.9 Å². The van der Waals surface area contributed by atoms with Crippen molar-refractivity contribution in [3.8, 4) is 0 Å². The maximum Gasteiger partial charge on any atom is 0.338 e. The van der Waals surface area contributed by atoms with Crippen molar-refractivity contribution in [1.29, 1.82) is 0 Å². The lowest BCUT2D eigenvalue weighted by Crippen LogP contribution is -2.67. The van der Waals surface area contributed by atoms with Gasteiger partial charge in [0, 0.05) is 11.4 Å². The van der Waals surface area contributed by atoms with E-state index in [2.05, 4.69) is 10.8 Å². The molecule has 3 aromatic carbocycles. The Bertz CT molecular complexity index is 1550. The fraction of sp³-hybridized carbons (Fsp3) is 0.378. The van der Waals surface area contributed by atoms with Crippen molar-refractivity contribution in [2.45, 2.75) is 74.8 Å². The molecule has 8 atom stereocenters. The first kappa shape index (κ1) is 35.7. The molecule has 0 aliphatic carbocycles. The average molecular weight is 692 g/mol. The molecule has 0 spiro atoms. The molecular weight excluding hydrogens is 651 g/mol. The van der Waals surface area contributed by atoms with E-state index in [1.54, 1.807) is 91.0 Å². The molecule has 48 heavy (non-hydrogen) atoms. The van der Waals surface area contributed by atoms with Gasteiger partial charge in [-0.05, 0) is 75.3 Å². The molecule has 2 heterocycles. The third-order valence-corrected chi connectivity index (χ3v) is 10.8. The summed E-state index contributed by atoms with van der Waals surface area (Å²) in [6.45, 7) is 7.53. The Labute approximate surface area is 289 Å². The van der Waals surface area contributed by atoms with Crippen LogP contribution in [0.5, 0.6) is 0 Å². The first-order valence-corrected chi connectivity index (χ1v) is 18.1. The number of carbonyl (C=O) groups excluding carboxylic acids is 3. The Morgan fingerprint density at radius 1 is 0.771 bits per heavy atom. The van der Waals surface area contributed by atoms with Crippen LogP contribution < -0.4 is 4.72 Å². The number of esters is 3. The van der Waals surface area contributed by atoms with Crippen LogP contribution in [0.25, 0.3) is 0 Å². The minimum atomic E-state index is -1.55. The van der Waals surface area contributed by atoms with Crippen LogP contribution in [-0.4, -0.2) is 68.9 Å². The summed E-state index contributed by atoms with van der Waals surface area (Å²) in [5.74, 6) is -1.66. The van der Waals surface area contributed by atoms with E-state index in [0.717, 1.165) is 0 Å². The van der Waals surface area contributed by atoms with E-state index in [1.807, 2.05) is 33.8 Å². The number of ether oxygens (including phenoxy) is 4. The van der Waals surface area contributed by atoms with Gasteiger partial charge in [-0.2, -0.15) is 0 Å². The number of carbonyl (C=O) groups is 3. The highest BCUT2D eigenvalue weighted by molar-refractivity contribution is 7.99. The summed E-state index contributed by atoms with van der Waals surface area (Å²) in [6, 6.07) is 24.7. The summed E-state index contributed by atoms with van der Waals surface area (Å²) in [6.07, 6.45) is 0.0418. The van der Waals surface area contributed by atoms with Gasteiger partial charge in [-0.3, -0.25) is 0 Å². The van der Waals surface area contributed by atoms with Crippen molar-refractivity contribution in [2.24, 2.45) is 5.92 Å². The Hall–Kier alpha value is -3.61. The van der Waals surface area contributed by atoms with E-state index in [4.69, 9.17) is 18.9 Å². The molecule has 1 fully saturated rings. The summed E-state index contributed by atoms with van der Waals surface area (Å²) in [5.41, 5.74) is 0.0172. The van der Waals surface area contributed by atoms with Crippen molar-refractivity contribution in [2.75, 3.05) is 5.75 Å². The molecule has 5 rings (SSSR count). The standard InChI is InChI=1S/C37H41NO8S2/c1-24-16-14-15-23-47-36-32(45-35(41)27-21-12-7-13-22-27)31(44-34(40)26-19-10-6-11-20-26)30(43-33(39)25-17-8-5-9-18-25)29(46-36)28(24)38-48(42)37(2,3)4/h5-14,16-22,24,28-32,36,38H,15,23H2,1-4H3/b16-14+/t24-,28+,29?,30?,31?,32?,36?,48?/m0/s1. The first-order valence-electron chi connectivity index (χ1n) is 15.9. The second kappa shape index (κ2) is 16.2. The number of hydrogen-bond donors (Lipinski definition) is 1. The molecule has 0 radical (unpaired) electrons. The fourth-order valence-electron chi connectivity index (χ4n) is 5.41. The van der Waals surface area contributed by atoms with Crippen molar-refractivity contribution in [1.82, 2.24) is 4.72 Å². The molecule has 11 heteroatoms. The van der Waals surface area contributed by atoms with E-state index >= 15 is 0 Å². The van der Waals surface area contributed by atoms with Crippen LogP contribution in [0.1, 0.15) is 65.2 Å². The topological polar surface area (TPSA) is 123 Å². The number of hydrogen-bond acceptors (Lipinski definition) is 10. The lowest BCUT2D eigenvalue weighted by molar-refractivity contribution is -0.207. The molecule has 1 N–H and O–H groups in total. The van der Waals surface area contributed by atoms with Gasteiger partial charge in [-0.1, -0.05) is 73.7 Å². The van der Waals surface area contributed by atoms with Crippen LogP contribution in [0.3, 0.4) is 0 Å². The van der Waals surface area contributed by atoms with E-state index in [0.29, 0.717) is 17.7 Å². The molecule has 0 saturated carbocycles. The molecule has 2 aliphatic heterocycles. The Kier molecular flexibility index (Phi) is 12.0. The van der Waals surface area contributed by atoms with Gasteiger partial charge in [0.2, 0.25) is 0 Å². The van der Waals surface area contributed by atoms with E-state index in [1.165, 1.54) is 11.8 Å². The zero-order valence-electron chi connectivity index (χ0n) is 27.4. The van der Waals surface area contributed by atoms with Crippen LogP contribution in [0.2, 0.25) is 0 Å². The predicted molar refractivity (Wildman–Crippen MR) is 186 cm³/mol. The molecule has 1 saturated heterocycles. The zero-order chi connectivity index (χ0) is 34.3. The highest BCUT2D eigenvalue weighted by atomic mass is 32.2. The number of nitrogens with one attached hydrogen (secondary N) is 1. The van der Waals surface area contributed by atoms with Crippen LogP contribution in [-0.2, 0) is 30.3 Å². The highest BCUT2D eigenvalue weighted by Crippen LogP contribution is 2.39. The minimum Gasteiger partial charge on any atom is -0.598 e. The molecule has 3 aromatic rings. The smallest absolute Gasteiger partial charge is 0.338 e. The Morgan fingerprint density at radius 2 is 1.23 bits per heavy atom. The van der Waals surface area contributed by atoms with Gasteiger partial charge in [0.1, 0.15) is 16.3 Å². The first-order chi connectivity index (χ1) is 23.0. The lowest BCUT2D eigenvalue weighted by atomic mass is 9.87. The summed E-state index contributed by atoms with van der Waals surface area (Å²) < 4.78 is 41.6. The summed E-state index contributed by atoms with van der Waals surface area (Å²) in [4.78, 5) is 41.1. The Balaban J connectivity index is 1.63. The number of benzene rings is 3. The SMILES string of the molecule is C[C@H]1/C=C/CCSC2OC(C(OC(=O)c3ccccc3)C(OC(=O)c3ccccc3)C2OC(=O)c2ccccc2)[C@@H]1N[S+]([O-])C(C)(C)C. The molecule has 2 bridgehead atoms. The largest absolute Gasteiger partial charge is 0.598 e. The molecule has 254 valence electrons. The zero-order valence-corrected chi connectivity index (χ0v) is 29.0. The van der Waals surface area contributed by atoms with Crippen LogP contribution in [0.4, 0.5) is 0 Å². The lowest BCUT2D eigenvalue weighted by Gasteiger charge is -2.48. The molecule has 9 nitrogen and oxygen atoms in total. The summed E-state index contributed by atoms with van der Waals surface area (Å²) in [7, 11) is 0. The summed E-state index contributed by atoms with van der Waals surface area (Å²) >= 11 is -0.145. The van der Waals surface area contributed by atoms with Crippen LogP contribution >= 0.6 is 11.8 Å². The summed E-state index contributed by atoms with van der Waals surface area (Å²) in [5, 5.41) is 0. The van der Waals surface area contributed by atoms with Crippen LogP contribution in [0.15, 0.2) is 103 Å². The maximum atomic E-state index is 13.7. The number of fused-ring (bicyclic) bond motifs is 2. The fourth-order valence-corrected chi connectivity index (χ4v) is 7.47. The van der Waals surface area contributed by atoms with Gasteiger partial charge in [0.05, 0.1) is 22.7 Å². The van der Waals surface area contributed by atoms with Crippen molar-refractivity contribution in [3.05, 3.63) is 120 Å². The monoisotopic (exact) mass is 691 g/mol. The van der Waals surface area contributed by atoms with Gasteiger partial charge < -0.3 is 23.5 Å². The van der Waals surface area contributed by atoms with Gasteiger partial charge >= 0.3 is 17.9 Å². The van der Waals surface area contributed by atoms with Crippen molar-refractivity contribution >= 4 is 41.0 Å². The average Bonchev–Trinajstić information content (AvgIpc) is 3.09. The quantitative estimate of drug-likeness (QED) is 0.128. The van der Waals surface area contributed by atoms with Crippen molar-refractivity contribution in [3.63, 3.8) is 0 Å². The molecule has 0 amide bonds. The number of allylic oxidation sites excluding steroid dienone is 1. The van der Waals surface area contributed by atoms with Crippen LogP contribution in [0, 0.1) is 5.92 Å². The third kappa shape index (κ3) is 8.89. The number of thioether (sulfide) groups is 1. The predicted octanol–water partition coefficient (Wildman–Crippen LogP) is 6.14. The van der Waals surface area contributed by atoms with Gasteiger partial charge in [0.15, 0.2) is 18.3 Å². The molecule has 2 aliphatic rings. The minimum absolute atomic E-state index is 0.253. The molecule has 0 aromatic heterocycles. The second-order valence-electron chi connectivity index (χ2n) is 12.6. The second-order valence-corrected chi connectivity index (χ2v) is 15.9. The van der Waals surface area contributed by atoms with Gasteiger partial charge in [-0.15, -0.1) is 16.5 Å². The van der Waals surface area contributed by atoms with E-state index < -0.39 is 69.9 Å².